The van der Waals surface area contributed by atoms with Crippen molar-refractivity contribution in [3.05, 3.63) is 42.6 Å². The average Bonchev–Trinajstić information content (AvgIpc) is 1.77. The monoisotopic (exact) mass is 109 g/mol. The van der Waals surface area contributed by atoms with Gasteiger partial charge in [-0.15, -0.1) is 0 Å². The van der Waals surface area contributed by atoms with Gasteiger partial charge in [0.15, 0.2) is 0 Å². The summed E-state index contributed by atoms with van der Waals surface area (Å²) in [6.07, 6.45) is 0. The van der Waals surface area contributed by atoms with Crippen LogP contribution in [0.25, 0.3) is 0 Å². The quantitative estimate of drug-likeness (QED) is 0.478. The molecule has 0 saturated carbocycles. The molecule has 0 amide bonds. The summed E-state index contributed by atoms with van der Waals surface area (Å²) in [5.41, 5.74) is 0.451. The van der Waals surface area contributed by atoms with Crippen LogP contribution in [-0.2, 0) is 0 Å². The van der Waals surface area contributed by atoms with Gasteiger partial charge in [-0.25, -0.2) is 4.39 Å². The summed E-state index contributed by atoms with van der Waals surface area (Å²) in [5.74, 6) is -0.243. The number of benzene rings is 1. The molecule has 0 aliphatic rings. The number of rotatable bonds is 0. The lowest BCUT2D eigenvalue weighted by Gasteiger charge is -1.89. The molecule has 0 atom stereocenters. The van der Waals surface area contributed by atoms with Crippen molar-refractivity contribution in [1.82, 2.24) is 0 Å². The summed E-state index contributed by atoms with van der Waals surface area (Å²) in [6.45, 7) is 3.45. The van der Waals surface area contributed by atoms with Crippen molar-refractivity contribution in [1.29, 1.82) is 0 Å². The van der Waals surface area contributed by atoms with Gasteiger partial charge in [-0.1, -0.05) is 18.2 Å². The Morgan fingerprint density at radius 3 is 2.25 bits per heavy atom. The highest BCUT2D eigenvalue weighted by Crippen LogP contribution is 2.01. The van der Waals surface area contributed by atoms with E-state index in [-0.39, 0.29) is 5.82 Å². The lowest BCUT2D eigenvalue weighted by Crippen LogP contribution is -1.76. The largest absolute Gasteiger partial charge is 0.207 e. The maximum Gasteiger partial charge on any atom is 0.126 e. The van der Waals surface area contributed by atoms with Gasteiger partial charge in [0, 0.05) is 0 Å². The Balaban J connectivity index is 3.13. The molecule has 0 spiro atoms. The topological polar surface area (TPSA) is 0 Å². The molecule has 1 aromatic rings. The van der Waals surface area contributed by atoms with E-state index in [4.69, 9.17) is 0 Å². The summed E-state index contributed by atoms with van der Waals surface area (Å²) in [7, 11) is 0. The van der Waals surface area contributed by atoms with Crippen LogP contribution in [0, 0.1) is 12.7 Å². The molecule has 0 bridgehead atoms. The molecule has 1 heteroatoms. The smallest absolute Gasteiger partial charge is 0.126 e. The van der Waals surface area contributed by atoms with Crippen molar-refractivity contribution in [2.75, 3.05) is 0 Å². The molecule has 0 heterocycles. The number of halogens is 1. The van der Waals surface area contributed by atoms with Crippen LogP contribution in [-0.4, -0.2) is 0 Å². The molecule has 0 aromatic heterocycles. The molecule has 0 aliphatic carbocycles. The maximum atomic E-state index is 12.3. The Kier molecular flexibility index (Phi) is 1.29. The van der Waals surface area contributed by atoms with Crippen LogP contribution in [0.1, 0.15) is 5.56 Å². The molecule has 1 aromatic carbocycles. The van der Waals surface area contributed by atoms with Gasteiger partial charge in [0.25, 0.3) is 0 Å². The van der Waals surface area contributed by atoms with Crippen LogP contribution in [0.2, 0.25) is 0 Å². The molecule has 41 valence electrons. The highest BCUT2D eigenvalue weighted by Gasteiger charge is 1.88. The van der Waals surface area contributed by atoms with Crippen LogP contribution in [0.5, 0.6) is 0 Å². The van der Waals surface area contributed by atoms with E-state index in [1.54, 1.807) is 18.2 Å². The Hall–Kier alpha value is -0.850. The Morgan fingerprint density at radius 2 is 1.88 bits per heavy atom. The molecule has 0 saturated heterocycles. The molecule has 0 N–H and O–H groups in total. The van der Waals surface area contributed by atoms with Gasteiger partial charge in [0.1, 0.15) is 5.82 Å². The predicted molar refractivity (Wildman–Crippen MR) is 30.9 cm³/mol. The van der Waals surface area contributed by atoms with Crippen molar-refractivity contribution < 1.29 is 4.39 Å². The highest BCUT2D eigenvalue weighted by molar-refractivity contribution is 5.19. The zero-order chi connectivity index (χ0) is 5.98. The first kappa shape index (κ1) is 5.29. The zero-order valence-electron chi connectivity index (χ0n) is 4.39. The van der Waals surface area contributed by atoms with E-state index in [0.29, 0.717) is 5.56 Å². The standard InChI is InChI=1S/C7H6F/c1-6-4-2-3-5-7(6)8/h2-5H,1H2. The fraction of sp³-hybridized carbons (Fsp3) is 0. The van der Waals surface area contributed by atoms with Crippen LogP contribution in [0.4, 0.5) is 4.39 Å². The summed E-state index contributed by atoms with van der Waals surface area (Å²) in [4.78, 5) is 0. The molecule has 1 radical (unpaired) electrons. The number of hydrogen-bond acceptors (Lipinski definition) is 0. The van der Waals surface area contributed by atoms with Crippen LogP contribution >= 0.6 is 0 Å². The van der Waals surface area contributed by atoms with Gasteiger partial charge in [-0.2, -0.15) is 0 Å². The fourth-order valence-electron chi connectivity index (χ4n) is 0.498. The average molecular weight is 109 g/mol. The third kappa shape index (κ3) is 0.861. The van der Waals surface area contributed by atoms with Gasteiger partial charge >= 0.3 is 0 Å². The van der Waals surface area contributed by atoms with Crippen molar-refractivity contribution in [3.63, 3.8) is 0 Å². The lowest BCUT2D eigenvalue weighted by atomic mass is 10.2. The molecule has 0 nitrogen and oxygen atoms in total. The third-order valence-corrected chi connectivity index (χ3v) is 0.958. The van der Waals surface area contributed by atoms with E-state index >= 15 is 0 Å². The van der Waals surface area contributed by atoms with Gasteiger partial charge in [0.2, 0.25) is 0 Å². The van der Waals surface area contributed by atoms with Crippen molar-refractivity contribution >= 4 is 0 Å². The van der Waals surface area contributed by atoms with Gasteiger partial charge in [-0.05, 0) is 18.6 Å². The first-order chi connectivity index (χ1) is 3.80. The molecular formula is C7H6F. The van der Waals surface area contributed by atoms with E-state index in [9.17, 15) is 4.39 Å². The molecule has 1 rings (SSSR count). The molecular weight excluding hydrogens is 103 g/mol. The fourth-order valence-corrected chi connectivity index (χ4v) is 0.498. The van der Waals surface area contributed by atoms with Crippen LogP contribution in [0.15, 0.2) is 24.3 Å². The molecule has 0 fully saturated rings. The van der Waals surface area contributed by atoms with Crippen molar-refractivity contribution in [2.45, 2.75) is 0 Å². The normalized spacial score (nSPS) is 9.25. The van der Waals surface area contributed by atoms with E-state index < -0.39 is 0 Å². The molecule has 0 aliphatic heterocycles. The van der Waals surface area contributed by atoms with Gasteiger partial charge in [0.05, 0.1) is 0 Å². The Morgan fingerprint density at radius 1 is 1.25 bits per heavy atom. The minimum atomic E-state index is -0.243. The van der Waals surface area contributed by atoms with Crippen LogP contribution < -0.4 is 0 Å². The second-order valence-electron chi connectivity index (χ2n) is 1.59. The zero-order valence-corrected chi connectivity index (χ0v) is 4.39. The van der Waals surface area contributed by atoms with Gasteiger partial charge in [-0.3, -0.25) is 0 Å². The summed E-state index contributed by atoms with van der Waals surface area (Å²) in [6, 6.07) is 6.42. The summed E-state index contributed by atoms with van der Waals surface area (Å²) >= 11 is 0. The number of hydrogen-bond donors (Lipinski definition) is 0. The third-order valence-electron chi connectivity index (χ3n) is 0.958. The second kappa shape index (κ2) is 1.95. The predicted octanol–water partition coefficient (Wildman–Crippen LogP) is 2.01. The van der Waals surface area contributed by atoms with E-state index in [2.05, 4.69) is 6.92 Å². The van der Waals surface area contributed by atoms with Crippen LogP contribution in [0.3, 0.4) is 0 Å². The highest BCUT2D eigenvalue weighted by atomic mass is 19.1. The van der Waals surface area contributed by atoms with Gasteiger partial charge < -0.3 is 0 Å². The van der Waals surface area contributed by atoms with Crippen molar-refractivity contribution in [2.24, 2.45) is 0 Å². The van der Waals surface area contributed by atoms with Crippen molar-refractivity contribution in [3.8, 4) is 0 Å². The minimum absolute atomic E-state index is 0.243. The van der Waals surface area contributed by atoms with E-state index in [1.807, 2.05) is 0 Å². The Labute approximate surface area is 48.0 Å². The maximum absolute atomic E-state index is 12.3. The first-order valence-corrected chi connectivity index (χ1v) is 2.37. The van der Waals surface area contributed by atoms with E-state index in [0.717, 1.165) is 0 Å². The van der Waals surface area contributed by atoms with E-state index in [1.165, 1.54) is 6.07 Å². The molecule has 0 unspecified atom stereocenters. The lowest BCUT2D eigenvalue weighted by molar-refractivity contribution is 0.623. The Bertz CT molecular complexity index is 160. The second-order valence-corrected chi connectivity index (χ2v) is 1.59. The minimum Gasteiger partial charge on any atom is -0.207 e. The summed E-state index contributed by atoms with van der Waals surface area (Å²) in [5, 5.41) is 0. The SMILES string of the molecule is [CH2]c1ccccc1F. The summed E-state index contributed by atoms with van der Waals surface area (Å²) < 4.78 is 12.3. The molecule has 8 heavy (non-hydrogen) atoms. The first-order valence-electron chi connectivity index (χ1n) is 2.37.